The van der Waals surface area contributed by atoms with Crippen molar-refractivity contribution in [2.75, 3.05) is 11.6 Å². The van der Waals surface area contributed by atoms with Crippen molar-refractivity contribution < 1.29 is 0 Å². The van der Waals surface area contributed by atoms with Crippen LogP contribution in [0.5, 0.6) is 0 Å². The normalized spacial score (nSPS) is 15.9. The van der Waals surface area contributed by atoms with Gasteiger partial charge in [0.15, 0.2) is 5.82 Å². The average molecular weight is 260 g/mol. The van der Waals surface area contributed by atoms with E-state index in [4.69, 9.17) is 11.6 Å². The van der Waals surface area contributed by atoms with Crippen molar-refractivity contribution in [1.29, 1.82) is 0 Å². The summed E-state index contributed by atoms with van der Waals surface area (Å²) in [6.07, 6.45) is 6.04. The van der Waals surface area contributed by atoms with Crippen LogP contribution in [0.15, 0.2) is 12.5 Å². The lowest BCUT2D eigenvalue weighted by Crippen LogP contribution is -2.24. The molecule has 1 aliphatic carbocycles. The number of imidazole rings is 2. The molecule has 0 radical (unpaired) electrons. The Kier molecular flexibility index (Phi) is 2.39. The highest BCUT2D eigenvalue weighted by Gasteiger charge is 2.29. The highest BCUT2D eigenvalue weighted by Crippen LogP contribution is 2.39. The van der Waals surface area contributed by atoms with Gasteiger partial charge in [-0.3, -0.25) is 0 Å². The quantitative estimate of drug-likeness (QED) is 0.804. The fourth-order valence-electron chi connectivity index (χ4n) is 2.29. The summed E-state index contributed by atoms with van der Waals surface area (Å²) in [5.41, 5.74) is 7.65. The van der Waals surface area contributed by atoms with E-state index < -0.39 is 0 Å². The monoisotopic (exact) mass is 260 g/mol. The second-order valence-electron chi connectivity index (χ2n) is 6.21. The molecule has 0 aliphatic heterocycles. The van der Waals surface area contributed by atoms with Gasteiger partial charge in [0.2, 0.25) is 0 Å². The zero-order valence-electron chi connectivity index (χ0n) is 11.6. The molecule has 2 aromatic rings. The topological polar surface area (TPSA) is 87.7 Å². The van der Waals surface area contributed by atoms with Crippen LogP contribution in [0.2, 0.25) is 0 Å². The van der Waals surface area contributed by atoms with E-state index in [1.165, 1.54) is 17.5 Å². The molecule has 4 N–H and O–H groups in total. The minimum absolute atomic E-state index is 0.147. The smallest absolute Gasteiger partial charge is 0.152 e. The summed E-state index contributed by atoms with van der Waals surface area (Å²) in [5.74, 6) is 7.31. The fraction of sp³-hybridized carbons (Fsp3) is 0.538. The van der Waals surface area contributed by atoms with Crippen molar-refractivity contribution in [2.45, 2.75) is 45.1 Å². The first-order chi connectivity index (χ1) is 8.89. The van der Waals surface area contributed by atoms with Gasteiger partial charge in [0.25, 0.3) is 0 Å². The zero-order valence-corrected chi connectivity index (χ0v) is 11.6. The lowest BCUT2D eigenvalue weighted by Gasteiger charge is -2.17. The first-order valence-electron chi connectivity index (χ1n) is 6.55. The summed E-state index contributed by atoms with van der Waals surface area (Å²) in [6, 6.07) is 0.540. The fourth-order valence-corrected chi connectivity index (χ4v) is 2.29. The summed E-state index contributed by atoms with van der Waals surface area (Å²) in [7, 11) is 0. The predicted octanol–water partition coefficient (Wildman–Crippen LogP) is 1.67. The van der Waals surface area contributed by atoms with E-state index in [-0.39, 0.29) is 5.41 Å². The molecule has 0 atom stereocenters. The zero-order chi connectivity index (χ0) is 13.8. The molecule has 0 amide bonds. The molecule has 0 spiro atoms. The minimum atomic E-state index is -0.147. The van der Waals surface area contributed by atoms with Gasteiger partial charge in [0.1, 0.15) is 11.5 Å². The number of nitrogens with two attached hydrogens (primary N) is 2. The summed E-state index contributed by atoms with van der Waals surface area (Å²) < 4.78 is 3.63. The number of nitrogen functional groups attached to an aromatic ring is 2. The van der Waals surface area contributed by atoms with Crippen LogP contribution >= 0.6 is 0 Å². The largest absolute Gasteiger partial charge is 0.382 e. The van der Waals surface area contributed by atoms with Gasteiger partial charge >= 0.3 is 0 Å². The third-order valence-electron chi connectivity index (χ3n) is 3.47. The van der Waals surface area contributed by atoms with Crippen LogP contribution < -0.4 is 11.6 Å². The van der Waals surface area contributed by atoms with E-state index in [2.05, 4.69) is 35.3 Å². The van der Waals surface area contributed by atoms with Crippen LogP contribution in [0.3, 0.4) is 0 Å². The summed E-state index contributed by atoms with van der Waals surface area (Å²) in [4.78, 5) is 8.87. The van der Waals surface area contributed by atoms with Crippen molar-refractivity contribution in [2.24, 2.45) is 0 Å². The second kappa shape index (κ2) is 3.76. The van der Waals surface area contributed by atoms with Gasteiger partial charge in [0, 0.05) is 11.5 Å². The summed E-state index contributed by atoms with van der Waals surface area (Å²) in [5, 5.41) is 0. The molecule has 3 rings (SSSR count). The molecular weight excluding hydrogens is 240 g/mol. The Hall–Kier alpha value is -1.98. The predicted molar refractivity (Wildman–Crippen MR) is 75.0 cm³/mol. The Morgan fingerprint density at radius 2 is 2.00 bits per heavy atom. The van der Waals surface area contributed by atoms with Gasteiger partial charge in [-0.15, -0.1) is 0 Å². The maximum atomic E-state index is 6.12. The van der Waals surface area contributed by atoms with E-state index >= 15 is 0 Å². The molecule has 6 heteroatoms. The molecule has 2 aromatic heterocycles. The molecular formula is C13H20N6. The molecule has 19 heavy (non-hydrogen) atoms. The second-order valence-corrected chi connectivity index (χ2v) is 6.21. The van der Waals surface area contributed by atoms with Crippen molar-refractivity contribution >= 4 is 5.82 Å². The molecule has 0 bridgehead atoms. The van der Waals surface area contributed by atoms with Gasteiger partial charge in [-0.25, -0.2) is 14.6 Å². The van der Waals surface area contributed by atoms with Crippen LogP contribution in [0, 0.1) is 0 Å². The molecule has 1 saturated carbocycles. The van der Waals surface area contributed by atoms with E-state index in [1.807, 2.05) is 12.5 Å². The first-order valence-corrected chi connectivity index (χ1v) is 6.55. The average Bonchev–Trinajstić information content (AvgIpc) is 2.98. The van der Waals surface area contributed by atoms with Crippen molar-refractivity contribution in [3.05, 3.63) is 18.3 Å². The minimum Gasteiger partial charge on any atom is -0.382 e. The Balaban J connectivity index is 2.13. The third kappa shape index (κ3) is 1.87. The maximum absolute atomic E-state index is 6.12. The Morgan fingerprint density at radius 3 is 2.53 bits per heavy atom. The number of nitrogens with zero attached hydrogens (tertiary/aromatic N) is 4. The Labute approximate surface area is 112 Å². The van der Waals surface area contributed by atoms with E-state index in [0.717, 1.165) is 17.2 Å². The Morgan fingerprint density at radius 1 is 1.32 bits per heavy atom. The number of anilines is 1. The molecule has 0 unspecified atom stereocenters. The summed E-state index contributed by atoms with van der Waals surface area (Å²) >= 11 is 0. The van der Waals surface area contributed by atoms with Gasteiger partial charge in [-0.05, 0) is 12.8 Å². The Bertz CT molecular complexity index is 612. The lowest BCUT2D eigenvalue weighted by molar-refractivity contribution is 0.532. The van der Waals surface area contributed by atoms with Crippen LogP contribution in [-0.4, -0.2) is 19.2 Å². The van der Waals surface area contributed by atoms with Gasteiger partial charge in [0.05, 0.1) is 18.2 Å². The van der Waals surface area contributed by atoms with Gasteiger partial charge in [-0.2, -0.15) is 0 Å². The lowest BCUT2D eigenvalue weighted by atomic mass is 9.96. The molecule has 2 heterocycles. The maximum Gasteiger partial charge on any atom is 0.152 e. The molecule has 0 aromatic carbocycles. The standard InChI is InChI=1S/C13H20N6/c1-13(2,3)12-17-10(11(14)19(12)15)9-6-16-7-18(9)8-4-5-8/h6-8H,4-5,14-15H2,1-3H3. The van der Waals surface area contributed by atoms with E-state index in [0.29, 0.717) is 11.9 Å². The van der Waals surface area contributed by atoms with Crippen molar-refractivity contribution in [3.63, 3.8) is 0 Å². The van der Waals surface area contributed by atoms with Gasteiger partial charge in [-0.1, -0.05) is 20.8 Å². The number of hydrogen-bond acceptors (Lipinski definition) is 4. The van der Waals surface area contributed by atoms with Crippen LogP contribution in [0.25, 0.3) is 11.4 Å². The third-order valence-corrected chi connectivity index (χ3v) is 3.47. The van der Waals surface area contributed by atoms with Crippen LogP contribution in [-0.2, 0) is 5.41 Å². The number of aromatic nitrogens is 4. The molecule has 1 fully saturated rings. The molecule has 1 aliphatic rings. The highest BCUT2D eigenvalue weighted by atomic mass is 15.4. The van der Waals surface area contributed by atoms with Crippen molar-refractivity contribution in [1.82, 2.24) is 19.2 Å². The SMILES string of the molecule is CC(C)(C)c1nc(-c2cncn2C2CC2)c(N)n1N. The first kappa shape index (κ1) is 12.1. The highest BCUT2D eigenvalue weighted by molar-refractivity contribution is 5.68. The van der Waals surface area contributed by atoms with Crippen LogP contribution in [0.4, 0.5) is 5.82 Å². The molecule has 6 nitrogen and oxygen atoms in total. The van der Waals surface area contributed by atoms with Crippen LogP contribution in [0.1, 0.15) is 45.5 Å². The van der Waals surface area contributed by atoms with Gasteiger partial charge < -0.3 is 16.1 Å². The molecule has 0 saturated heterocycles. The summed E-state index contributed by atoms with van der Waals surface area (Å²) in [6.45, 7) is 6.21. The van der Waals surface area contributed by atoms with Crippen molar-refractivity contribution in [3.8, 4) is 11.4 Å². The van der Waals surface area contributed by atoms with E-state index in [1.54, 1.807) is 0 Å². The molecule has 102 valence electrons. The van der Waals surface area contributed by atoms with E-state index in [9.17, 15) is 0 Å². The number of hydrogen-bond donors (Lipinski definition) is 2. The number of rotatable bonds is 2.